The lowest BCUT2D eigenvalue weighted by Gasteiger charge is -2.37. The van der Waals surface area contributed by atoms with Gasteiger partial charge in [-0.3, -0.25) is 0 Å². The summed E-state index contributed by atoms with van der Waals surface area (Å²) < 4.78 is 0. The highest BCUT2D eigenvalue weighted by Gasteiger charge is 2.26. The molecule has 1 aromatic heterocycles. The van der Waals surface area contributed by atoms with Gasteiger partial charge in [-0.25, -0.2) is 9.97 Å². The molecule has 0 amide bonds. The summed E-state index contributed by atoms with van der Waals surface area (Å²) in [5, 5.41) is 1.04. The van der Waals surface area contributed by atoms with Crippen LogP contribution in [0.3, 0.4) is 0 Å². The zero-order valence-corrected chi connectivity index (χ0v) is 11.3. The quantitative estimate of drug-likeness (QED) is 0.778. The third-order valence-electron chi connectivity index (χ3n) is 3.09. The Hall–Kier alpha value is -0.640. The number of nitrogens with zero attached hydrogens (tertiary/aromatic N) is 3. The van der Waals surface area contributed by atoms with E-state index in [9.17, 15) is 0 Å². The Morgan fingerprint density at radius 2 is 2.31 bits per heavy atom. The van der Waals surface area contributed by atoms with Gasteiger partial charge in [0.1, 0.15) is 0 Å². The Balaban J connectivity index is 2.10. The van der Waals surface area contributed by atoms with Crippen LogP contribution >= 0.6 is 15.9 Å². The molecule has 4 heteroatoms. The fourth-order valence-corrected chi connectivity index (χ4v) is 2.20. The zero-order valence-electron chi connectivity index (χ0n) is 9.69. The maximum Gasteiger partial charge on any atom is 0.225 e. The first-order valence-corrected chi connectivity index (χ1v) is 7.05. The average molecular weight is 284 g/mol. The van der Waals surface area contributed by atoms with Crippen molar-refractivity contribution in [1.82, 2.24) is 9.97 Å². The van der Waals surface area contributed by atoms with Crippen molar-refractivity contribution in [1.29, 1.82) is 0 Å². The van der Waals surface area contributed by atoms with Gasteiger partial charge in [-0.2, -0.15) is 0 Å². The van der Waals surface area contributed by atoms with Crippen LogP contribution in [0, 0.1) is 6.92 Å². The largest absolute Gasteiger partial charge is 0.338 e. The SMILES string of the molecule is Cc1ccnc(N(CCCBr)C2CCC2)n1. The van der Waals surface area contributed by atoms with Gasteiger partial charge in [0.2, 0.25) is 5.95 Å². The molecule has 1 aliphatic carbocycles. The van der Waals surface area contributed by atoms with E-state index in [0.717, 1.165) is 29.9 Å². The molecule has 0 aromatic carbocycles. The van der Waals surface area contributed by atoms with E-state index in [4.69, 9.17) is 0 Å². The molecule has 0 radical (unpaired) electrons. The molecule has 0 spiro atoms. The molecule has 0 atom stereocenters. The van der Waals surface area contributed by atoms with Gasteiger partial charge >= 0.3 is 0 Å². The molecule has 16 heavy (non-hydrogen) atoms. The summed E-state index contributed by atoms with van der Waals surface area (Å²) in [6.07, 6.45) is 6.94. The third kappa shape index (κ3) is 2.73. The van der Waals surface area contributed by atoms with Gasteiger partial charge < -0.3 is 4.90 Å². The van der Waals surface area contributed by atoms with E-state index in [1.807, 2.05) is 19.2 Å². The molecule has 0 bridgehead atoms. The van der Waals surface area contributed by atoms with E-state index >= 15 is 0 Å². The van der Waals surface area contributed by atoms with Crippen molar-refractivity contribution in [3.05, 3.63) is 18.0 Å². The number of aryl methyl sites for hydroxylation is 1. The van der Waals surface area contributed by atoms with Crippen LogP contribution in [0.15, 0.2) is 12.3 Å². The van der Waals surface area contributed by atoms with Crippen molar-refractivity contribution >= 4 is 21.9 Å². The molecular formula is C12H18BrN3. The third-order valence-corrected chi connectivity index (χ3v) is 3.65. The van der Waals surface area contributed by atoms with Crippen molar-refractivity contribution in [2.24, 2.45) is 0 Å². The molecule has 0 aliphatic heterocycles. The highest BCUT2D eigenvalue weighted by molar-refractivity contribution is 9.09. The maximum absolute atomic E-state index is 4.53. The predicted octanol–water partition coefficient (Wildman–Crippen LogP) is 2.93. The first-order valence-electron chi connectivity index (χ1n) is 5.93. The van der Waals surface area contributed by atoms with E-state index in [2.05, 4.69) is 30.8 Å². The first-order chi connectivity index (χ1) is 7.81. The number of anilines is 1. The summed E-state index contributed by atoms with van der Waals surface area (Å²) in [4.78, 5) is 11.3. The molecule has 1 heterocycles. The second-order valence-corrected chi connectivity index (χ2v) is 5.11. The monoisotopic (exact) mass is 283 g/mol. The van der Waals surface area contributed by atoms with Gasteiger partial charge in [-0.15, -0.1) is 0 Å². The van der Waals surface area contributed by atoms with Gasteiger partial charge in [0.15, 0.2) is 0 Å². The number of hydrogen-bond acceptors (Lipinski definition) is 3. The normalized spacial score (nSPS) is 15.9. The molecule has 1 aromatic rings. The summed E-state index contributed by atoms with van der Waals surface area (Å²) >= 11 is 3.49. The Bertz CT molecular complexity index is 339. The lowest BCUT2D eigenvalue weighted by atomic mass is 9.91. The molecule has 88 valence electrons. The maximum atomic E-state index is 4.53. The molecule has 0 N–H and O–H groups in total. The van der Waals surface area contributed by atoms with Crippen molar-refractivity contribution < 1.29 is 0 Å². The zero-order chi connectivity index (χ0) is 11.4. The Kier molecular flexibility index (Phi) is 4.16. The first kappa shape index (κ1) is 11.8. The highest BCUT2D eigenvalue weighted by atomic mass is 79.9. The van der Waals surface area contributed by atoms with Crippen molar-refractivity contribution in [2.45, 2.75) is 38.6 Å². The van der Waals surface area contributed by atoms with Crippen molar-refractivity contribution in [3.8, 4) is 0 Å². The van der Waals surface area contributed by atoms with Gasteiger partial charge in [0, 0.05) is 29.8 Å². The molecule has 0 unspecified atom stereocenters. The minimum absolute atomic E-state index is 0.667. The van der Waals surface area contributed by atoms with Crippen molar-refractivity contribution in [3.63, 3.8) is 0 Å². The smallest absolute Gasteiger partial charge is 0.225 e. The Morgan fingerprint density at radius 1 is 1.50 bits per heavy atom. The van der Waals surface area contributed by atoms with Gasteiger partial charge in [0.05, 0.1) is 0 Å². The van der Waals surface area contributed by atoms with E-state index in [1.165, 1.54) is 19.3 Å². The molecule has 1 saturated carbocycles. The highest BCUT2D eigenvalue weighted by Crippen LogP contribution is 2.27. The summed E-state index contributed by atoms with van der Waals surface area (Å²) in [5.74, 6) is 0.908. The van der Waals surface area contributed by atoms with Crippen LogP contribution in [0.2, 0.25) is 0 Å². The number of halogens is 1. The number of rotatable bonds is 5. The molecule has 3 nitrogen and oxygen atoms in total. The Labute approximate surface area is 105 Å². The second-order valence-electron chi connectivity index (χ2n) is 4.32. The van der Waals surface area contributed by atoms with E-state index in [-0.39, 0.29) is 0 Å². The molecular weight excluding hydrogens is 266 g/mol. The molecule has 0 saturated heterocycles. The minimum atomic E-state index is 0.667. The number of alkyl halides is 1. The van der Waals surface area contributed by atoms with Gasteiger partial charge in [0.25, 0.3) is 0 Å². The fraction of sp³-hybridized carbons (Fsp3) is 0.667. The Morgan fingerprint density at radius 3 is 2.88 bits per heavy atom. The van der Waals surface area contributed by atoms with E-state index in [1.54, 1.807) is 0 Å². The van der Waals surface area contributed by atoms with Crippen LogP contribution in [-0.4, -0.2) is 27.9 Å². The van der Waals surface area contributed by atoms with Crippen LogP contribution in [0.5, 0.6) is 0 Å². The van der Waals surface area contributed by atoms with Crippen LogP contribution < -0.4 is 4.90 Å². The second kappa shape index (κ2) is 5.62. The lowest BCUT2D eigenvalue weighted by Crippen LogP contribution is -2.42. The summed E-state index contributed by atoms with van der Waals surface area (Å²) in [7, 11) is 0. The summed E-state index contributed by atoms with van der Waals surface area (Å²) in [5.41, 5.74) is 1.05. The van der Waals surface area contributed by atoms with Crippen LogP contribution in [-0.2, 0) is 0 Å². The number of aromatic nitrogens is 2. The molecule has 1 aliphatic rings. The fourth-order valence-electron chi connectivity index (χ4n) is 1.95. The minimum Gasteiger partial charge on any atom is -0.338 e. The van der Waals surface area contributed by atoms with Gasteiger partial charge in [-0.05, 0) is 38.7 Å². The standard InChI is InChI=1S/C12H18BrN3/c1-10-6-8-14-12(15-10)16(9-3-7-13)11-4-2-5-11/h6,8,11H,2-5,7,9H2,1H3. The van der Waals surface area contributed by atoms with E-state index < -0.39 is 0 Å². The van der Waals surface area contributed by atoms with E-state index in [0.29, 0.717) is 6.04 Å². The summed E-state index contributed by atoms with van der Waals surface area (Å²) in [6.45, 7) is 3.08. The predicted molar refractivity (Wildman–Crippen MR) is 70.2 cm³/mol. The van der Waals surface area contributed by atoms with Crippen LogP contribution in [0.1, 0.15) is 31.4 Å². The average Bonchev–Trinajstić information content (AvgIpc) is 2.21. The molecule has 2 rings (SSSR count). The number of hydrogen-bond donors (Lipinski definition) is 0. The van der Waals surface area contributed by atoms with Gasteiger partial charge in [-0.1, -0.05) is 15.9 Å². The lowest BCUT2D eigenvalue weighted by molar-refractivity contribution is 0.381. The topological polar surface area (TPSA) is 29.0 Å². The summed E-state index contributed by atoms with van der Waals surface area (Å²) in [6, 6.07) is 2.62. The van der Waals surface area contributed by atoms with Crippen LogP contribution in [0.25, 0.3) is 0 Å². The van der Waals surface area contributed by atoms with Crippen LogP contribution in [0.4, 0.5) is 5.95 Å². The van der Waals surface area contributed by atoms with Crippen molar-refractivity contribution in [2.75, 3.05) is 16.8 Å². The molecule has 1 fully saturated rings.